The number of hydrogen-bond acceptors (Lipinski definition) is 9. The average Bonchev–Trinajstić information content (AvgIpc) is 2.79. The second kappa shape index (κ2) is 10.5. The van der Waals surface area contributed by atoms with Gasteiger partial charge in [-0.1, -0.05) is 18.2 Å². The molecule has 1 unspecified atom stereocenters. The molecule has 0 saturated heterocycles. The van der Waals surface area contributed by atoms with E-state index in [1.165, 1.54) is 25.3 Å². The van der Waals surface area contributed by atoms with Crippen LogP contribution >= 0.6 is 7.60 Å². The number of aromatic nitrogens is 2. The molecule has 0 aliphatic rings. The Labute approximate surface area is 177 Å². The first-order valence-corrected chi connectivity index (χ1v) is 10.6. The minimum absolute atomic E-state index is 0.146. The Morgan fingerprint density at radius 2 is 1.68 bits per heavy atom. The van der Waals surface area contributed by atoms with Crippen molar-refractivity contribution in [2.75, 3.05) is 27.9 Å². The Balaban J connectivity index is 2.32. The van der Waals surface area contributed by atoms with E-state index in [0.717, 1.165) is 25.9 Å². The lowest BCUT2D eigenvalue weighted by Gasteiger charge is -2.22. The van der Waals surface area contributed by atoms with Crippen LogP contribution in [0.25, 0.3) is 0 Å². The third-order valence-electron chi connectivity index (χ3n) is 4.36. The molecule has 0 saturated carbocycles. The molecule has 0 aliphatic heterocycles. The maximum Gasteiger partial charge on any atom is 0.370 e. The molecular weight excluding hydrogens is 431 g/mol. The van der Waals surface area contributed by atoms with Gasteiger partial charge >= 0.3 is 19.3 Å². The van der Waals surface area contributed by atoms with Gasteiger partial charge in [0.1, 0.15) is 0 Å². The monoisotopic (exact) mass is 454 g/mol. The summed E-state index contributed by atoms with van der Waals surface area (Å²) in [5, 5.41) is 0. The highest BCUT2D eigenvalue weighted by Crippen LogP contribution is 2.52. The Hall–Kier alpha value is -2.85. The molecule has 0 radical (unpaired) electrons. The summed E-state index contributed by atoms with van der Waals surface area (Å²) in [4.78, 5) is 49.9. The predicted molar refractivity (Wildman–Crippen MR) is 109 cm³/mol. The van der Waals surface area contributed by atoms with E-state index in [4.69, 9.17) is 13.8 Å². The molecule has 0 N–H and O–H groups in total. The number of methoxy groups -OCH3 is 1. The van der Waals surface area contributed by atoms with Gasteiger partial charge in [-0.05, 0) is 19.1 Å². The fraction of sp³-hybridized carbons (Fsp3) is 0.368. The van der Waals surface area contributed by atoms with E-state index in [-0.39, 0.29) is 24.3 Å². The molecule has 11 nitrogen and oxygen atoms in total. The summed E-state index contributed by atoms with van der Waals surface area (Å²) in [6, 6.07) is 7.88. The summed E-state index contributed by atoms with van der Waals surface area (Å²) in [6.45, 7) is 0.992. The van der Waals surface area contributed by atoms with Crippen LogP contribution in [0, 0.1) is 6.92 Å². The quantitative estimate of drug-likeness (QED) is 0.402. The fourth-order valence-corrected chi connectivity index (χ4v) is 3.89. The van der Waals surface area contributed by atoms with Crippen molar-refractivity contribution in [1.82, 2.24) is 9.13 Å². The lowest BCUT2D eigenvalue weighted by molar-refractivity contribution is -0.149. The van der Waals surface area contributed by atoms with Crippen LogP contribution in [-0.2, 0) is 34.4 Å². The SMILES string of the molecule is COC(=O)C(OCCn1cc(C)c(=O)n(C(=O)c2ccccc2)c1=O)P(=O)(OC)OC. The van der Waals surface area contributed by atoms with Crippen LogP contribution in [-0.4, -0.2) is 54.8 Å². The molecule has 0 fully saturated rings. The summed E-state index contributed by atoms with van der Waals surface area (Å²) in [5.41, 5.74) is -1.31. The molecule has 31 heavy (non-hydrogen) atoms. The van der Waals surface area contributed by atoms with E-state index in [1.54, 1.807) is 18.2 Å². The summed E-state index contributed by atoms with van der Waals surface area (Å²) in [5.74, 6) is -3.44. The van der Waals surface area contributed by atoms with E-state index in [2.05, 4.69) is 4.74 Å². The van der Waals surface area contributed by atoms with Crippen molar-refractivity contribution >= 4 is 19.5 Å². The van der Waals surface area contributed by atoms with E-state index in [9.17, 15) is 23.7 Å². The number of benzene rings is 1. The number of aryl methyl sites for hydroxylation is 1. The summed E-state index contributed by atoms with van der Waals surface area (Å²) in [7, 11) is -0.725. The summed E-state index contributed by atoms with van der Waals surface area (Å²) >= 11 is 0. The molecule has 2 rings (SSSR count). The standard InChI is InChI=1S/C19H23N2O9P/c1-13-12-20(10-11-30-18(17(24)27-2)31(26,28-3)29-4)19(25)21(15(13)22)16(23)14-8-6-5-7-9-14/h5-9,12,18H,10-11H2,1-4H3. The average molecular weight is 454 g/mol. The molecule has 2 aromatic rings. The van der Waals surface area contributed by atoms with E-state index >= 15 is 0 Å². The van der Waals surface area contributed by atoms with Crippen LogP contribution in [0.5, 0.6) is 0 Å². The number of ether oxygens (including phenoxy) is 2. The highest BCUT2D eigenvalue weighted by Gasteiger charge is 2.42. The van der Waals surface area contributed by atoms with Crippen molar-refractivity contribution in [3.63, 3.8) is 0 Å². The Morgan fingerprint density at radius 3 is 2.23 bits per heavy atom. The number of hydrogen-bond donors (Lipinski definition) is 0. The van der Waals surface area contributed by atoms with Crippen LogP contribution in [0.4, 0.5) is 0 Å². The van der Waals surface area contributed by atoms with Gasteiger partial charge < -0.3 is 18.5 Å². The summed E-state index contributed by atoms with van der Waals surface area (Å²) < 4.78 is 33.6. The van der Waals surface area contributed by atoms with Crippen LogP contribution in [0.3, 0.4) is 0 Å². The minimum atomic E-state index is -3.97. The van der Waals surface area contributed by atoms with Crippen molar-refractivity contribution in [3.8, 4) is 0 Å². The highest BCUT2D eigenvalue weighted by atomic mass is 31.2. The van der Waals surface area contributed by atoms with Crippen molar-refractivity contribution in [3.05, 3.63) is 68.5 Å². The number of carbonyl (C=O) groups is 2. The smallest absolute Gasteiger partial charge is 0.370 e. The van der Waals surface area contributed by atoms with Gasteiger partial charge in [0, 0.05) is 31.5 Å². The molecule has 0 amide bonds. The maximum absolute atomic E-state index is 12.8. The zero-order valence-electron chi connectivity index (χ0n) is 17.5. The zero-order chi connectivity index (χ0) is 23.2. The van der Waals surface area contributed by atoms with Crippen molar-refractivity contribution in [2.24, 2.45) is 0 Å². The topological polar surface area (TPSA) is 132 Å². The van der Waals surface area contributed by atoms with E-state index in [0.29, 0.717) is 4.57 Å². The first kappa shape index (κ1) is 24.4. The van der Waals surface area contributed by atoms with Gasteiger partial charge in [-0.2, -0.15) is 4.57 Å². The van der Waals surface area contributed by atoms with Gasteiger partial charge in [-0.3, -0.25) is 18.7 Å². The first-order valence-electron chi connectivity index (χ1n) is 9.03. The van der Waals surface area contributed by atoms with Crippen molar-refractivity contribution in [1.29, 1.82) is 0 Å². The molecule has 0 aliphatic carbocycles. The lowest BCUT2D eigenvalue weighted by atomic mass is 10.2. The Morgan fingerprint density at radius 1 is 1.06 bits per heavy atom. The number of rotatable bonds is 9. The second-order valence-electron chi connectivity index (χ2n) is 6.25. The highest BCUT2D eigenvalue weighted by molar-refractivity contribution is 7.55. The van der Waals surface area contributed by atoms with Crippen LogP contribution in [0.15, 0.2) is 46.1 Å². The molecule has 12 heteroatoms. The van der Waals surface area contributed by atoms with Gasteiger partial charge in [0.2, 0.25) is 0 Å². The van der Waals surface area contributed by atoms with Gasteiger partial charge in [-0.25, -0.2) is 9.59 Å². The molecule has 0 spiro atoms. The minimum Gasteiger partial charge on any atom is -0.467 e. The zero-order valence-corrected chi connectivity index (χ0v) is 18.4. The number of carbonyl (C=O) groups excluding carboxylic acids is 2. The van der Waals surface area contributed by atoms with Gasteiger partial charge in [-0.15, -0.1) is 0 Å². The molecule has 0 bridgehead atoms. The van der Waals surface area contributed by atoms with Gasteiger partial charge in [0.05, 0.1) is 20.3 Å². The summed E-state index contributed by atoms with van der Waals surface area (Å²) in [6.07, 6.45) is 1.27. The fourth-order valence-electron chi connectivity index (χ4n) is 2.70. The van der Waals surface area contributed by atoms with Crippen LogP contribution in [0.2, 0.25) is 0 Å². The van der Waals surface area contributed by atoms with Crippen molar-refractivity contribution < 1.29 is 32.7 Å². The van der Waals surface area contributed by atoms with Crippen LogP contribution in [0.1, 0.15) is 15.9 Å². The normalized spacial score (nSPS) is 12.4. The predicted octanol–water partition coefficient (Wildman–Crippen LogP) is 1.01. The van der Waals surface area contributed by atoms with E-state index in [1.807, 2.05) is 0 Å². The molecule has 1 aromatic carbocycles. The lowest BCUT2D eigenvalue weighted by Crippen LogP contribution is -2.45. The molecule has 1 heterocycles. The third kappa shape index (κ3) is 5.26. The third-order valence-corrected chi connectivity index (χ3v) is 6.31. The largest absolute Gasteiger partial charge is 0.467 e. The first-order chi connectivity index (χ1) is 14.7. The molecule has 1 aromatic heterocycles. The molecular formula is C19H23N2O9P. The van der Waals surface area contributed by atoms with E-state index < -0.39 is 36.6 Å². The van der Waals surface area contributed by atoms with Gasteiger partial charge in [0.25, 0.3) is 17.3 Å². The van der Waals surface area contributed by atoms with Crippen molar-refractivity contribution in [2.45, 2.75) is 19.3 Å². The van der Waals surface area contributed by atoms with Gasteiger partial charge in [0.15, 0.2) is 0 Å². The number of nitrogens with zero attached hydrogens (tertiary/aromatic N) is 2. The molecule has 1 atom stereocenters. The maximum atomic E-state index is 12.8. The molecule has 168 valence electrons. The number of esters is 1. The Kier molecular flexibility index (Phi) is 8.23. The van der Waals surface area contributed by atoms with Crippen LogP contribution < -0.4 is 11.2 Å². The second-order valence-corrected chi connectivity index (χ2v) is 8.53. The Bertz CT molecular complexity index is 1100.